The number of hydrogen-bond donors (Lipinski definition) is 3. The fourth-order valence-corrected chi connectivity index (χ4v) is 5.18. The van der Waals surface area contributed by atoms with Gasteiger partial charge in [0.2, 0.25) is 0 Å². The highest BCUT2D eigenvalue weighted by molar-refractivity contribution is 7.92. The molecule has 2 aromatic rings. The molecule has 0 bridgehead atoms. The number of nitrogens with one attached hydrogen (secondary N) is 3. The fourth-order valence-electron chi connectivity index (χ4n) is 2.77. The lowest BCUT2D eigenvalue weighted by Gasteiger charge is -2.29. The van der Waals surface area contributed by atoms with Crippen LogP contribution in [-0.4, -0.2) is 51.9 Å². The largest absolute Gasteiger partial charge is 0.472 e. The van der Waals surface area contributed by atoms with Crippen molar-refractivity contribution in [3.05, 3.63) is 51.8 Å². The van der Waals surface area contributed by atoms with Crippen molar-refractivity contribution < 1.29 is 27.1 Å². The molecule has 0 saturated carbocycles. The van der Waals surface area contributed by atoms with Gasteiger partial charge < -0.3 is 15.4 Å². The molecule has 0 unspecified atom stereocenters. The van der Waals surface area contributed by atoms with E-state index in [0.29, 0.717) is 5.70 Å². The summed E-state index contributed by atoms with van der Waals surface area (Å²) >= 11 is 6.52. The first-order chi connectivity index (χ1) is 15.7. The number of sulfonamides is 1. The Hall–Kier alpha value is -3.16. The van der Waals surface area contributed by atoms with Crippen LogP contribution in [0.2, 0.25) is 4.34 Å². The lowest BCUT2D eigenvalue weighted by atomic mass is 10.1. The molecule has 0 fully saturated rings. The molecule has 0 radical (unpaired) electrons. The highest BCUT2D eigenvalue weighted by atomic mass is 35.5. The number of aliphatic imine (C=N–C) groups is 1. The number of nitrogens with zero attached hydrogens (tertiary/aromatic N) is 2. The van der Waals surface area contributed by atoms with Crippen LogP contribution >= 0.6 is 22.9 Å². The van der Waals surface area contributed by atoms with E-state index in [4.69, 9.17) is 16.3 Å². The van der Waals surface area contributed by atoms with E-state index in [1.54, 1.807) is 20.0 Å². The van der Waals surface area contributed by atoms with Gasteiger partial charge in [-0.25, -0.2) is 22.3 Å². The molecule has 1 aliphatic heterocycles. The number of rotatable bonds is 7. The molecule has 1 aromatic heterocycles. The second-order valence-electron chi connectivity index (χ2n) is 6.44. The minimum absolute atomic E-state index is 0.0573. The average Bonchev–Trinajstić information content (AvgIpc) is 3.22. The Morgan fingerprint density at radius 2 is 2.15 bits per heavy atom. The zero-order valence-corrected chi connectivity index (χ0v) is 19.8. The molecule has 14 heteroatoms. The summed E-state index contributed by atoms with van der Waals surface area (Å²) in [6.07, 6.45) is 2.89. The van der Waals surface area contributed by atoms with Crippen LogP contribution in [-0.2, 0) is 10.0 Å². The normalized spacial score (nSPS) is 14.1. The molecule has 3 N–H and O–H groups in total. The SMILES string of the molecule is C/C=C(\C=N/CNC(=O)NS(=O)(=O)c1ccc(Cl)s1)N1COc2cc(NC)c(F)cc2C1=O. The van der Waals surface area contributed by atoms with Crippen LogP contribution in [0.4, 0.5) is 14.9 Å². The summed E-state index contributed by atoms with van der Waals surface area (Å²) in [6, 6.07) is 4.19. The maximum atomic E-state index is 14.1. The Morgan fingerprint density at radius 1 is 1.39 bits per heavy atom. The Morgan fingerprint density at radius 3 is 2.79 bits per heavy atom. The molecule has 3 rings (SSSR count). The molecule has 10 nitrogen and oxygen atoms in total. The fraction of sp³-hybridized carbons (Fsp3) is 0.211. The lowest BCUT2D eigenvalue weighted by molar-refractivity contribution is 0.0630. The van der Waals surface area contributed by atoms with Gasteiger partial charge in [0.1, 0.15) is 22.4 Å². The molecule has 2 heterocycles. The Labute approximate surface area is 198 Å². The predicted molar refractivity (Wildman–Crippen MR) is 123 cm³/mol. The summed E-state index contributed by atoms with van der Waals surface area (Å²) < 4.78 is 45.9. The average molecular weight is 516 g/mol. The zero-order chi connectivity index (χ0) is 24.2. The van der Waals surface area contributed by atoms with Gasteiger partial charge in [-0.2, -0.15) is 0 Å². The number of hydrogen-bond acceptors (Lipinski definition) is 8. The van der Waals surface area contributed by atoms with Crippen molar-refractivity contribution in [2.24, 2.45) is 4.99 Å². The lowest BCUT2D eigenvalue weighted by Crippen LogP contribution is -2.40. The monoisotopic (exact) mass is 515 g/mol. The van der Waals surface area contributed by atoms with Crippen LogP contribution in [0.5, 0.6) is 5.75 Å². The number of carbonyl (C=O) groups excluding carboxylic acids is 2. The number of halogens is 2. The Bertz CT molecular complexity index is 1250. The molecule has 3 amide bonds. The predicted octanol–water partition coefficient (Wildman–Crippen LogP) is 2.99. The molecule has 1 aromatic carbocycles. The molecular formula is C19H19ClFN5O5S2. The minimum Gasteiger partial charge on any atom is -0.472 e. The third-order valence-electron chi connectivity index (χ3n) is 4.37. The van der Waals surface area contributed by atoms with E-state index in [2.05, 4.69) is 15.6 Å². The number of benzene rings is 1. The summed E-state index contributed by atoms with van der Waals surface area (Å²) in [5.41, 5.74) is 0.602. The number of urea groups is 1. The number of carbonyl (C=O) groups is 2. The van der Waals surface area contributed by atoms with Gasteiger partial charge in [0.05, 0.1) is 21.3 Å². The van der Waals surface area contributed by atoms with Crippen LogP contribution in [0.1, 0.15) is 17.3 Å². The Kier molecular flexibility index (Phi) is 7.56. The first-order valence-electron chi connectivity index (χ1n) is 9.34. The summed E-state index contributed by atoms with van der Waals surface area (Å²) in [6.45, 7) is 1.26. The van der Waals surface area contributed by atoms with Gasteiger partial charge >= 0.3 is 6.03 Å². The summed E-state index contributed by atoms with van der Waals surface area (Å²) in [5, 5.41) is 4.95. The van der Waals surface area contributed by atoms with Crippen LogP contribution in [0, 0.1) is 5.82 Å². The molecule has 0 saturated heterocycles. The van der Waals surface area contributed by atoms with Crippen LogP contribution in [0.25, 0.3) is 0 Å². The zero-order valence-electron chi connectivity index (χ0n) is 17.4. The first-order valence-corrected chi connectivity index (χ1v) is 12.0. The van der Waals surface area contributed by atoms with E-state index in [1.165, 1.54) is 29.3 Å². The molecule has 0 spiro atoms. The number of anilines is 1. The number of thiophene rings is 1. The van der Waals surface area contributed by atoms with Gasteiger partial charge in [0.25, 0.3) is 15.9 Å². The van der Waals surface area contributed by atoms with E-state index in [-0.39, 0.29) is 38.9 Å². The second-order valence-corrected chi connectivity index (χ2v) is 10.1. The summed E-state index contributed by atoms with van der Waals surface area (Å²) in [4.78, 5) is 29.9. The number of allylic oxidation sites excluding steroid dienone is 2. The second kappa shape index (κ2) is 10.2. The third-order valence-corrected chi connectivity index (χ3v) is 7.42. The minimum atomic E-state index is -4.05. The van der Waals surface area contributed by atoms with Crippen molar-refractivity contribution in [1.82, 2.24) is 14.9 Å². The van der Waals surface area contributed by atoms with E-state index in [1.807, 2.05) is 4.72 Å². The maximum absolute atomic E-state index is 14.1. The molecule has 0 aliphatic carbocycles. The van der Waals surface area contributed by atoms with Gasteiger partial charge in [0.15, 0.2) is 6.73 Å². The highest BCUT2D eigenvalue weighted by Gasteiger charge is 2.29. The van der Waals surface area contributed by atoms with Gasteiger partial charge in [-0.3, -0.25) is 14.7 Å². The first kappa shape index (κ1) is 24.5. The number of amides is 3. The standard InChI is InChI=1S/C19H19ClFN5O5S2/c1-3-11(26-10-31-15-7-14(22-2)13(21)6-12(15)18(26)27)8-23-9-24-19(28)25-33(29,30)17-5-4-16(20)32-17/h3-8,22H,9-10H2,1-2H3,(H2,24,25,28)/b11-3+,23-8-. The molecule has 176 valence electrons. The van der Waals surface area contributed by atoms with Crippen LogP contribution in [0.3, 0.4) is 0 Å². The van der Waals surface area contributed by atoms with E-state index >= 15 is 0 Å². The van der Waals surface area contributed by atoms with Crippen molar-refractivity contribution >= 4 is 56.8 Å². The van der Waals surface area contributed by atoms with Crippen molar-refractivity contribution in [2.75, 3.05) is 25.8 Å². The van der Waals surface area contributed by atoms with Gasteiger partial charge in [0, 0.05) is 19.3 Å². The van der Waals surface area contributed by atoms with Gasteiger partial charge in [-0.1, -0.05) is 17.7 Å². The number of fused-ring (bicyclic) bond motifs is 1. The smallest absolute Gasteiger partial charge is 0.330 e. The van der Waals surface area contributed by atoms with Crippen molar-refractivity contribution in [1.29, 1.82) is 0 Å². The molecule has 1 aliphatic rings. The van der Waals surface area contributed by atoms with Crippen molar-refractivity contribution in [2.45, 2.75) is 11.1 Å². The van der Waals surface area contributed by atoms with E-state index in [9.17, 15) is 22.4 Å². The van der Waals surface area contributed by atoms with Gasteiger partial charge in [-0.05, 0) is 25.1 Å². The summed E-state index contributed by atoms with van der Waals surface area (Å²) in [7, 11) is -2.50. The topological polar surface area (TPSA) is 129 Å². The highest BCUT2D eigenvalue weighted by Crippen LogP contribution is 2.31. The van der Waals surface area contributed by atoms with E-state index in [0.717, 1.165) is 17.4 Å². The van der Waals surface area contributed by atoms with Crippen molar-refractivity contribution in [3.63, 3.8) is 0 Å². The Balaban J connectivity index is 1.60. The summed E-state index contributed by atoms with van der Waals surface area (Å²) in [5.74, 6) is -0.828. The van der Waals surface area contributed by atoms with E-state index < -0.39 is 27.8 Å². The van der Waals surface area contributed by atoms with Crippen LogP contribution in [0.15, 0.2) is 45.2 Å². The van der Waals surface area contributed by atoms with Crippen LogP contribution < -0.4 is 20.1 Å². The molecule has 0 atom stereocenters. The number of ether oxygens (including phenoxy) is 1. The van der Waals surface area contributed by atoms with Gasteiger partial charge in [-0.15, -0.1) is 11.3 Å². The third kappa shape index (κ3) is 5.61. The maximum Gasteiger partial charge on any atom is 0.330 e. The molecular weight excluding hydrogens is 497 g/mol. The quantitative estimate of drug-likeness (QED) is 0.486. The molecule has 33 heavy (non-hydrogen) atoms. The van der Waals surface area contributed by atoms with Crippen molar-refractivity contribution in [3.8, 4) is 5.75 Å².